The molecule has 1 atom stereocenters. The van der Waals surface area contributed by atoms with Gasteiger partial charge in [0.2, 0.25) is 5.95 Å². The zero-order chi connectivity index (χ0) is 18.3. The highest BCUT2D eigenvalue weighted by atomic mass is 35.5. The molecule has 3 rings (SSSR count). The van der Waals surface area contributed by atoms with Crippen molar-refractivity contribution in [3.05, 3.63) is 12.3 Å². The van der Waals surface area contributed by atoms with Gasteiger partial charge in [0.1, 0.15) is 5.82 Å². The quantitative estimate of drug-likeness (QED) is 0.770. The average Bonchev–Trinajstić information content (AvgIpc) is 3.08. The van der Waals surface area contributed by atoms with Gasteiger partial charge in [0, 0.05) is 25.7 Å². The largest absolute Gasteiger partial charge is 0.373 e. The van der Waals surface area contributed by atoms with E-state index in [0.29, 0.717) is 5.95 Å². The third-order valence-electron chi connectivity index (χ3n) is 4.55. The van der Waals surface area contributed by atoms with Gasteiger partial charge in [0.25, 0.3) is 0 Å². The molecular formula is C19H36ClN5. The lowest BCUT2D eigenvalue weighted by molar-refractivity contribution is 0.329. The van der Waals surface area contributed by atoms with Gasteiger partial charge in [-0.05, 0) is 37.9 Å². The van der Waals surface area contributed by atoms with Crippen LogP contribution in [0, 0.1) is 5.92 Å². The normalized spacial score (nSPS) is 20.0. The van der Waals surface area contributed by atoms with E-state index in [-0.39, 0.29) is 0 Å². The van der Waals surface area contributed by atoms with Gasteiger partial charge in [0.05, 0.1) is 0 Å². The van der Waals surface area contributed by atoms with Gasteiger partial charge < -0.3 is 16.0 Å². The molecule has 0 spiro atoms. The van der Waals surface area contributed by atoms with Crippen molar-refractivity contribution in [1.82, 2.24) is 14.9 Å². The number of likely N-dealkylation sites (tertiary alicyclic amines) is 1. The molecule has 1 saturated heterocycles. The summed E-state index contributed by atoms with van der Waals surface area (Å²) >= 11 is 5.59. The SMILES string of the molecule is C1CCCCC1.CC1CCN(CCCCl)C1.CNc1ccnc(N)n1. The predicted octanol–water partition coefficient (Wildman–Crippen LogP) is 4.40. The number of rotatable bonds is 4. The first-order valence-electron chi connectivity index (χ1n) is 9.70. The summed E-state index contributed by atoms with van der Waals surface area (Å²) in [6.07, 6.45) is 13.1. The average molecular weight is 370 g/mol. The van der Waals surface area contributed by atoms with Crippen LogP contribution in [-0.2, 0) is 0 Å². The van der Waals surface area contributed by atoms with Crippen LogP contribution in [0.4, 0.5) is 11.8 Å². The minimum atomic E-state index is 0.293. The van der Waals surface area contributed by atoms with Crippen molar-refractivity contribution in [2.75, 3.05) is 43.6 Å². The lowest BCUT2D eigenvalue weighted by atomic mass is 10.0. The van der Waals surface area contributed by atoms with Crippen LogP contribution >= 0.6 is 11.6 Å². The van der Waals surface area contributed by atoms with E-state index in [1.807, 2.05) is 0 Å². The van der Waals surface area contributed by atoms with Gasteiger partial charge in [0.15, 0.2) is 0 Å². The highest BCUT2D eigenvalue weighted by Crippen LogP contribution is 2.15. The molecule has 1 aliphatic heterocycles. The Kier molecular flexibility index (Phi) is 12.4. The minimum Gasteiger partial charge on any atom is -0.373 e. The van der Waals surface area contributed by atoms with Crippen LogP contribution in [0.2, 0.25) is 0 Å². The lowest BCUT2D eigenvalue weighted by Crippen LogP contribution is -2.21. The molecule has 3 N–H and O–H groups in total. The molecule has 2 aliphatic rings. The Morgan fingerprint density at radius 1 is 1.24 bits per heavy atom. The van der Waals surface area contributed by atoms with Crippen molar-refractivity contribution in [2.45, 2.75) is 58.3 Å². The summed E-state index contributed by atoms with van der Waals surface area (Å²) in [7, 11) is 1.78. The van der Waals surface area contributed by atoms with Crippen LogP contribution < -0.4 is 11.1 Å². The second kappa shape index (κ2) is 14.1. The number of nitrogens with two attached hydrogens (primary N) is 1. The number of nitrogens with zero attached hydrogens (tertiary/aromatic N) is 3. The Hall–Kier alpha value is -1.07. The van der Waals surface area contributed by atoms with E-state index in [9.17, 15) is 0 Å². The highest BCUT2D eigenvalue weighted by molar-refractivity contribution is 6.17. The minimum absolute atomic E-state index is 0.293. The summed E-state index contributed by atoms with van der Waals surface area (Å²) in [4.78, 5) is 10.1. The van der Waals surface area contributed by atoms with E-state index in [1.165, 1.54) is 64.6 Å². The van der Waals surface area contributed by atoms with Crippen LogP contribution in [0.5, 0.6) is 0 Å². The molecule has 5 nitrogen and oxygen atoms in total. The molecule has 1 saturated carbocycles. The van der Waals surface area contributed by atoms with Crippen molar-refractivity contribution in [3.8, 4) is 0 Å². The number of aromatic nitrogens is 2. The van der Waals surface area contributed by atoms with Crippen LogP contribution in [0.15, 0.2) is 12.3 Å². The molecule has 1 aromatic rings. The number of nitrogen functional groups attached to an aromatic ring is 1. The molecule has 1 unspecified atom stereocenters. The smallest absolute Gasteiger partial charge is 0.221 e. The monoisotopic (exact) mass is 369 g/mol. The van der Waals surface area contributed by atoms with Gasteiger partial charge >= 0.3 is 0 Å². The first-order valence-corrected chi connectivity index (χ1v) is 10.2. The summed E-state index contributed by atoms with van der Waals surface area (Å²) in [5, 5.41) is 2.84. The molecule has 6 heteroatoms. The van der Waals surface area contributed by atoms with Crippen molar-refractivity contribution in [1.29, 1.82) is 0 Å². The maximum atomic E-state index is 5.59. The Bertz CT molecular complexity index is 428. The number of anilines is 2. The Morgan fingerprint density at radius 2 is 1.88 bits per heavy atom. The summed E-state index contributed by atoms with van der Waals surface area (Å²) in [5.41, 5.74) is 5.27. The van der Waals surface area contributed by atoms with Gasteiger partial charge in [-0.25, -0.2) is 4.98 Å². The molecular weight excluding hydrogens is 334 g/mol. The van der Waals surface area contributed by atoms with E-state index in [0.717, 1.165) is 24.0 Å². The predicted molar refractivity (Wildman–Crippen MR) is 109 cm³/mol. The Labute approximate surface area is 158 Å². The van der Waals surface area contributed by atoms with Gasteiger partial charge in [-0.2, -0.15) is 4.98 Å². The number of halogens is 1. The van der Waals surface area contributed by atoms with Gasteiger partial charge in [-0.15, -0.1) is 11.6 Å². The van der Waals surface area contributed by atoms with Crippen LogP contribution in [0.1, 0.15) is 58.3 Å². The molecule has 144 valence electrons. The van der Waals surface area contributed by atoms with Gasteiger partial charge in [-0.1, -0.05) is 45.4 Å². The van der Waals surface area contributed by atoms with Crippen molar-refractivity contribution in [3.63, 3.8) is 0 Å². The molecule has 1 aliphatic carbocycles. The summed E-state index contributed by atoms with van der Waals surface area (Å²) in [5.74, 6) is 2.75. The van der Waals surface area contributed by atoms with Crippen LogP contribution in [0.25, 0.3) is 0 Å². The van der Waals surface area contributed by atoms with Crippen molar-refractivity contribution in [2.24, 2.45) is 5.92 Å². The number of nitrogens with one attached hydrogen (secondary N) is 1. The lowest BCUT2D eigenvalue weighted by Gasteiger charge is -2.13. The van der Waals surface area contributed by atoms with Gasteiger partial charge in [-0.3, -0.25) is 0 Å². The topological polar surface area (TPSA) is 67.1 Å². The van der Waals surface area contributed by atoms with Crippen molar-refractivity contribution < 1.29 is 0 Å². The zero-order valence-electron chi connectivity index (χ0n) is 16.0. The maximum Gasteiger partial charge on any atom is 0.221 e. The third-order valence-corrected chi connectivity index (χ3v) is 4.81. The maximum absolute atomic E-state index is 5.59. The fourth-order valence-corrected chi connectivity index (χ4v) is 3.21. The fraction of sp³-hybridized carbons (Fsp3) is 0.789. The van der Waals surface area contributed by atoms with E-state index < -0.39 is 0 Å². The first-order chi connectivity index (χ1) is 12.2. The molecule has 2 heterocycles. The zero-order valence-corrected chi connectivity index (χ0v) is 16.8. The molecule has 0 amide bonds. The third kappa shape index (κ3) is 11.2. The van der Waals surface area contributed by atoms with E-state index >= 15 is 0 Å². The number of hydrogen-bond donors (Lipinski definition) is 2. The van der Waals surface area contributed by atoms with E-state index in [1.54, 1.807) is 19.3 Å². The summed E-state index contributed by atoms with van der Waals surface area (Å²) in [6.45, 7) is 6.10. The molecule has 0 aromatic carbocycles. The second-order valence-electron chi connectivity index (χ2n) is 6.91. The van der Waals surface area contributed by atoms with Crippen molar-refractivity contribution >= 4 is 23.4 Å². The summed E-state index contributed by atoms with van der Waals surface area (Å²) < 4.78 is 0. The fourth-order valence-electron chi connectivity index (χ4n) is 3.09. The number of hydrogen-bond acceptors (Lipinski definition) is 5. The Balaban J connectivity index is 0.000000193. The first kappa shape index (κ1) is 22.0. The number of alkyl halides is 1. The Morgan fingerprint density at radius 3 is 2.28 bits per heavy atom. The summed E-state index contributed by atoms with van der Waals surface area (Å²) in [6, 6.07) is 1.75. The molecule has 0 bridgehead atoms. The van der Waals surface area contributed by atoms with E-state index in [2.05, 4.69) is 27.1 Å². The van der Waals surface area contributed by atoms with Crippen LogP contribution in [-0.4, -0.2) is 47.4 Å². The highest BCUT2D eigenvalue weighted by Gasteiger charge is 2.17. The molecule has 25 heavy (non-hydrogen) atoms. The molecule has 2 fully saturated rings. The molecule has 1 aromatic heterocycles. The van der Waals surface area contributed by atoms with E-state index in [4.69, 9.17) is 17.3 Å². The van der Waals surface area contributed by atoms with Crippen LogP contribution in [0.3, 0.4) is 0 Å². The standard InChI is InChI=1S/C8H16ClN.C6H12.C5H8N4/c1-8-3-6-10(7-8)5-2-4-9;1-2-4-6-5-3-1;1-7-4-2-3-8-5(6)9-4/h8H,2-7H2,1H3;1-6H2;2-3H,1H3,(H3,6,7,8,9). The molecule has 0 radical (unpaired) electrons. The second-order valence-corrected chi connectivity index (χ2v) is 7.29.